The third-order valence-corrected chi connectivity index (χ3v) is 4.38. The molecule has 3 aromatic rings. The van der Waals surface area contributed by atoms with Gasteiger partial charge in [-0.15, -0.1) is 0 Å². The van der Waals surface area contributed by atoms with Crippen LogP contribution in [0.3, 0.4) is 0 Å². The van der Waals surface area contributed by atoms with Crippen LogP contribution in [0, 0.1) is 5.82 Å². The zero-order chi connectivity index (χ0) is 19.9. The lowest BCUT2D eigenvalue weighted by Crippen LogP contribution is -2.26. The second-order valence-electron chi connectivity index (χ2n) is 6.00. The number of anilines is 2. The summed E-state index contributed by atoms with van der Waals surface area (Å²) < 4.78 is 18.7. The highest BCUT2D eigenvalue weighted by Gasteiger charge is 2.08. The monoisotopic (exact) mass is 399 g/mol. The molecule has 28 heavy (non-hydrogen) atoms. The highest BCUT2D eigenvalue weighted by atomic mass is 35.5. The average Bonchev–Trinajstić information content (AvgIpc) is 2.70. The van der Waals surface area contributed by atoms with Crippen molar-refractivity contribution in [3.05, 3.63) is 82.8 Å². The van der Waals surface area contributed by atoms with Gasteiger partial charge in [-0.1, -0.05) is 29.8 Å². The van der Waals surface area contributed by atoms with Gasteiger partial charge in [0, 0.05) is 18.4 Å². The Balaban J connectivity index is 1.55. The van der Waals surface area contributed by atoms with Crippen LogP contribution in [0.25, 0.3) is 0 Å². The molecule has 144 valence electrons. The molecule has 2 N–H and O–H groups in total. The Morgan fingerprint density at radius 3 is 2.68 bits per heavy atom. The second kappa shape index (κ2) is 9.19. The summed E-state index contributed by atoms with van der Waals surface area (Å²) in [5.41, 5.74) is 1.74. The smallest absolute Gasteiger partial charge is 0.252 e. The van der Waals surface area contributed by atoms with Crippen molar-refractivity contribution in [1.29, 1.82) is 0 Å². The Morgan fingerprint density at radius 1 is 1.18 bits per heavy atom. The van der Waals surface area contributed by atoms with E-state index in [1.165, 1.54) is 12.3 Å². The number of hydrogen-bond acceptors (Lipinski definition) is 4. The van der Waals surface area contributed by atoms with Gasteiger partial charge in [-0.2, -0.15) is 0 Å². The van der Waals surface area contributed by atoms with E-state index >= 15 is 0 Å². The second-order valence-corrected chi connectivity index (χ2v) is 6.41. The van der Waals surface area contributed by atoms with Crippen molar-refractivity contribution in [2.45, 2.75) is 6.42 Å². The fourth-order valence-electron chi connectivity index (χ4n) is 2.61. The molecule has 5 nitrogen and oxygen atoms in total. The number of nitrogens with zero attached hydrogens (tertiary/aromatic N) is 1. The summed E-state index contributed by atoms with van der Waals surface area (Å²) in [5, 5.41) is 6.36. The molecule has 0 aliphatic rings. The number of methoxy groups -OCH3 is 1. The molecule has 0 bridgehead atoms. The molecule has 1 amide bonds. The average molecular weight is 400 g/mol. The normalized spacial score (nSPS) is 10.4. The molecule has 0 aliphatic carbocycles. The number of hydrogen-bond donors (Lipinski definition) is 2. The number of amides is 1. The number of pyridine rings is 1. The van der Waals surface area contributed by atoms with Gasteiger partial charge in [0.1, 0.15) is 17.4 Å². The number of ether oxygens (including phenoxy) is 1. The first-order chi connectivity index (χ1) is 13.6. The van der Waals surface area contributed by atoms with E-state index in [9.17, 15) is 9.18 Å². The largest absolute Gasteiger partial charge is 0.495 e. The zero-order valence-electron chi connectivity index (χ0n) is 15.2. The topological polar surface area (TPSA) is 63.2 Å². The number of carbonyl (C=O) groups is 1. The molecule has 0 saturated carbocycles. The third-order valence-electron chi connectivity index (χ3n) is 4.09. The van der Waals surface area contributed by atoms with Gasteiger partial charge in [-0.25, -0.2) is 9.37 Å². The summed E-state index contributed by atoms with van der Waals surface area (Å²) in [4.78, 5) is 16.4. The summed E-state index contributed by atoms with van der Waals surface area (Å²) >= 11 is 6.10. The number of benzene rings is 2. The Morgan fingerprint density at radius 2 is 2.00 bits per heavy atom. The molecular weight excluding hydrogens is 381 g/mol. The number of aromatic nitrogens is 1. The van der Waals surface area contributed by atoms with Gasteiger partial charge in [0.15, 0.2) is 0 Å². The summed E-state index contributed by atoms with van der Waals surface area (Å²) in [6.45, 7) is 0.337. The van der Waals surface area contributed by atoms with Crippen LogP contribution in [0.15, 0.2) is 60.8 Å². The fraction of sp³-hybridized carbons (Fsp3) is 0.143. The van der Waals surface area contributed by atoms with Gasteiger partial charge in [0.2, 0.25) is 0 Å². The van der Waals surface area contributed by atoms with Gasteiger partial charge in [0.05, 0.1) is 17.7 Å². The molecule has 1 heterocycles. The van der Waals surface area contributed by atoms with E-state index in [1.807, 2.05) is 6.07 Å². The quantitative estimate of drug-likeness (QED) is 0.609. The molecule has 3 rings (SSSR count). The molecule has 0 fully saturated rings. The lowest BCUT2D eigenvalue weighted by molar-refractivity contribution is 0.0953. The summed E-state index contributed by atoms with van der Waals surface area (Å²) in [6.07, 6.45) is 1.90. The van der Waals surface area contributed by atoms with Crippen molar-refractivity contribution < 1.29 is 13.9 Å². The molecule has 1 aromatic heterocycles. The van der Waals surface area contributed by atoms with Crippen molar-refractivity contribution >= 4 is 29.0 Å². The van der Waals surface area contributed by atoms with Crippen LogP contribution in [0.1, 0.15) is 15.9 Å². The van der Waals surface area contributed by atoms with Gasteiger partial charge in [-0.3, -0.25) is 4.79 Å². The van der Waals surface area contributed by atoms with Gasteiger partial charge < -0.3 is 15.4 Å². The molecule has 0 aliphatic heterocycles. The van der Waals surface area contributed by atoms with Crippen LogP contribution in [0.4, 0.5) is 15.9 Å². The maximum Gasteiger partial charge on any atom is 0.252 e. The molecule has 0 spiro atoms. The summed E-state index contributed by atoms with van der Waals surface area (Å²) in [7, 11) is 1.55. The molecule has 0 saturated heterocycles. The molecule has 0 unspecified atom stereocenters. The van der Waals surface area contributed by atoms with E-state index in [2.05, 4.69) is 15.6 Å². The maximum atomic E-state index is 13.6. The number of carbonyl (C=O) groups excluding carboxylic acids is 1. The zero-order valence-corrected chi connectivity index (χ0v) is 16.0. The van der Waals surface area contributed by atoms with Crippen LogP contribution in [0.2, 0.25) is 5.02 Å². The summed E-state index contributed by atoms with van der Waals surface area (Å²) in [6, 6.07) is 15.2. The molecule has 7 heteroatoms. The lowest BCUT2D eigenvalue weighted by Gasteiger charge is -2.09. The minimum atomic E-state index is -0.271. The van der Waals surface area contributed by atoms with E-state index in [-0.39, 0.29) is 11.7 Å². The predicted molar refractivity (Wildman–Crippen MR) is 108 cm³/mol. The van der Waals surface area contributed by atoms with E-state index < -0.39 is 0 Å². The van der Waals surface area contributed by atoms with E-state index in [0.29, 0.717) is 40.7 Å². The highest BCUT2D eigenvalue weighted by molar-refractivity contribution is 6.32. The van der Waals surface area contributed by atoms with Crippen LogP contribution in [0.5, 0.6) is 5.75 Å². The van der Waals surface area contributed by atoms with Crippen molar-refractivity contribution in [2.75, 3.05) is 19.0 Å². The lowest BCUT2D eigenvalue weighted by atomic mass is 10.1. The molecule has 0 atom stereocenters. The van der Waals surface area contributed by atoms with Gasteiger partial charge >= 0.3 is 0 Å². The van der Waals surface area contributed by atoms with Crippen molar-refractivity contribution in [2.24, 2.45) is 0 Å². The van der Waals surface area contributed by atoms with Crippen LogP contribution < -0.4 is 15.4 Å². The Hall–Kier alpha value is -3.12. The van der Waals surface area contributed by atoms with Crippen molar-refractivity contribution in [3.8, 4) is 5.75 Å². The van der Waals surface area contributed by atoms with Gasteiger partial charge in [-0.05, 0) is 48.4 Å². The Labute approximate surface area is 167 Å². The minimum absolute atomic E-state index is 0.261. The van der Waals surface area contributed by atoms with E-state index in [4.69, 9.17) is 16.3 Å². The number of nitrogens with one attached hydrogen (secondary N) is 2. The van der Waals surface area contributed by atoms with Crippen LogP contribution in [-0.2, 0) is 6.42 Å². The summed E-state index contributed by atoms with van der Waals surface area (Å²) in [5.74, 6) is 0.627. The van der Waals surface area contributed by atoms with Crippen molar-refractivity contribution in [1.82, 2.24) is 10.3 Å². The SMILES string of the molecule is COc1ccc(Nc2ccc(C(=O)NCCc3ccccc3F)cn2)cc1Cl. The highest BCUT2D eigenvalue weighted by Crippen LogP contribution is 2.28. The van der Waals surface area contributed by atoms with Crippen LogP contribution in [-0.4, -0.2) is 24.5 Å². The number of halogens is 2. The van der Waals surface area contributed by atoms with E-state index in [1.54, 1.807) is 49.6 Å². The Bertz CT molecular complexity index is 964. The first-order valence-corrected chi connectivity index (χ1v) is 9.03. The van der Waals surface area contributed by atoms with Gasteiger partial charge in [0.25, 0.3) is 5.91 Å². The van der Waals surface area contributed by atoms with Crippen LogP contribution >= 0.6 is 11.6 Å². The first-order valence-electron chi connectivity index (χ1n) is 8.65. The molecular formula is C21H19ClFN3O2. The standard InChI is InChI=1S/C21H19ClFN3O2/c1-28-19-8-7-16(12-17(19)22)26-20-9-6-15(13-25-20)21(27)24-11-10-14-4-2-3-5-18(14)23/h2-9,12-13H,10-11H2,1H3,(H,24,27)(H,25,26). The first kappa shape index (κ1) is 19.6. The minimum Gasteiger partial charge on any atom is -0.495 e. The van der Waals surface area contributed by atoms with E-state index in [0.717, 1.165) is 5.69 Å². The third kappa shape index (κ3) is 4.98. The molecule has 2 aromatic carbocycles. The Kier molecular flexibility index (Phi) is 6.45. The molecule has 0 radical (unpaired) electrons. The van der Waals surface area contributed by atoms with Crippen molar-refractivity contribution in [3.63, 3.8) is 0 Å². The predicted octanol–water partition coefficient (Wildman–Crippen LogP) is 4.60. The number of rotatable bonds is 7. The maximum absolute atomic E-state index is 13.6. The fourth-order valence-corrected chi connectivity index (χ4v) is 2.87.